The highest BCUT2D eigenvalue weighted by Gasteiger charge is 2.09. The molecule has 0 fully saturated rings. The summed E-state index contributed by atoms with van der Waals surface area (Å²) in [5.41, 5.74) is 2.68. The van der Waals surface area contributed by atoms with Gasteiger partial charge in [0.15, 0.2) is 0 Å². The lowest BCUT2D eigenvalue weighted by Gasteiger charge is -2.14. The molecule has 0 saturated carbocycles. The minimum atomic E-state index is -0.246. The number of carbonyl (C=O) groups excluding carboxylic acids is 1. The lowest BCUT2D eigenvalue weighted by atomic mass is 10.1. The Morgan fingerprint density at radius 3 is 2.54 bits per heavy atom. The maximum absolute atomic E-state index is 13.1. The predicted octanol–water partition coefficient (Wildman–Crippen LogP) is 2.87. The first-order valence-corrected chi connectivity index (χ1v) is 8.08. The quantitative estimate of drug-likeness (QED) is 0.697. The number of aliphatic hydroxyl groups is 1. The average molecular weight is 330 g/mol. The largest absolute Gasteiger partial charge is 0.394 e. The first-order valence-electron chi connectivity index (χ1n) is 8.08. The molecule has 0 heterocycles. The van der Waals surface area contributed by atoms with Crippen LogP contribution in [-0.2, 0) is 17.8 Å². The lowest BCUT2D eigenvalue weighted by molar-refractivity contribution is -0.121. The van der Waals surface area contributed by atoms with Gasteiger partial charge in [-0.3, -0.25) is 4.79 Å². The molecule has 2 aromatic rings. The lowest BCUT2D eigenvalue weighted by Crippen LogP contribution is -2.37. The summed E-state index contributed by atoms with van der Waals surface area (Å²) in [5, 5.41) is 15.1. The normalized spacial score (nSPS) is 11.8. The molecule has 24 heavy (non-hydrogen) atoms. The zero-order valence-corrected chi connectivity index (χ0v) is 13.8. The standard InChI is InChI=1S/C19H23FN2O2/c1-2-17(13-23)22-19(24)11-14-6-8-18(9-7-14)21-12-15-4-3-5-16(20)10-15/h3-10,17,21,23H,2,11-13H2,1H3,(H,22,24). The second-order valence-corrected chi connectivity index (χ2v) is 5.71. The molecule has 0 aliphatic rings. The second kappa shape index (κ2) is 9.03. The summed E-state index contributed by atoms with van der Waals surface area (Å²) >= 11 is 0. The van der Waals surface area contributed by atoms with Gasteiger partial charge in [-0.1, -0.05) is 31.2 Å². The van der Waals surface area contributed by atoms with E-state index < -0.39 is 0 Å². The molecule has 0 bridgehead atoms. The van der Waals surface area contributed by atoms with Crippen molar-refractivity contribution >= 4 is 11.6 Å². The van der Waals surface area contributed by atoms with Crippen LogP contribution in [0.25, 0.3) is 0 Å². The molecule has 5 heteroatoms. The van der Waals surface area contributed by atoms with Crippen molar-refractivity contribution < 1.29 is 14.3 Å². The molecular formula is C19H23FN2O2. The van der Waals surface area contributed by atoms with E-state index in [0.29, 0.717) is 13.0 Å². The van der Waals surface area contributed by atoms with Crippen molar-refractivity contribution in [3.05, 3.63) is 65.5 Å². The fraction of sp³-hybridized carbons (Fsp3) is 0.316. The SMILES string of the molecule is CCC(CO)NC(=O)Cc1ccc(NCc2cccc(F)c2)cc1. The third-order valence-corrected chi connectivity index (χ3v) is 3.78. The van der Waals surface area contributed by atoms with Crippen LogP contribution in [-0.4, -0.2) is 23.7 Å². The van der Waals surface area contributed by atoms with E-state index in [2.05, 4.69) is 10.6 Å². The number of rotatable bonds is 8. The fourth-order valence-electron chi connectivity index (χ4n) is 2.33. The minimum Gasteiger partial charge on any atom is -0.394 e. The zero-order chi connectivity index (χ0) is 17.4. The van der Waals surface area contributed by atoms with E-state index in [4.69, 9.17) is 5.11 Å². The maximum atomic E-state index is 13.1. The van der Waals surface area contributed by atoms with Gasteiger partial charge in [-0.05, 0) is 41.8 Å². The van der Waals surface area contributed by atoms with Crippen LogP contribution in [0, 0.1) is 5.82 Å². The van der Waals surface area contributed by atoms with Gasteiger partial charge < -0.3 is 15.7 Å². The molecule has 3 N–H and O–H groups in total. The Morgan fingerprint density at radius 1 is 1.17 bits per heavy atom. The first kappa shape index (κ1) is 17.9. The topological polar surface area (TPSA) is 61.4 Å². The van der Waals surface area contributed by atoms with Crippen molar-refractivity contribution in [3.63, 3.8) is 0 Å². The van der Waals surface area contributed by atoms with E-state index in [0.717, 1.165) is 16.8 Å². The van der Waals surface area contributed by atoms with Crippen LogP contribution in [0.5, 0.6) is 0 Å². The Balaban J connectivity index is 1.85. The highest BCUT2D eigenvalue weighted by molar-refractivity contribution is 5.79. The molecule has 2 aromatic carbocycles. The van der Waals surface area contributed by atoms with Gasteiger partial charge in [-0.25, -0.2) is 4.39 Å². The van der Waals surface area contributed by atoms with Crippen LogP contribution in [0.2, 0.25) is 0 Å². The number of aliphatic hydroxyl groups excluding tert-OH is 1. The number of halogens is 1. The van der Waals surface area contributed by atoms with Crippen molar-refractivity contribution in [3.8, 4) is 0 Å². The van der Waals surface area contributed by atoms with Gasteiger partial charge in [0.05, 0.1) is 19.1 Å². The van der Waals surface area contributed by atoms with Crippen molar-refractivity contribution in [2.75, 3.05) is 11.9 Å². The molecule has 0 aliphatic heterocycles. The van der Waals surface area contributed by atoms with Gasteiger partial charge >= 0.3 is 0 Å². The van der Waals surface area contributed by atoms with Crippen LogP contribution in [0.15, 0.2) is 48.5 Å². The molecular weight excluding hydrogens is 307 g/mol. The summed E-state index contributed by atoms with van der Waals surface area (Å²) in [4.78, 5) is 11.9. The van der Waals surface area contributed by atoms with E-state index in [-0.39, 0.29) is 30.8 Å². The molecule has 1 atom stereocenters. The zero-order valence-electron chi connectivity index (χ0n) is 13.8. The highest BCUT2D eigenvalue weighted by Crippen LogP contribution is 2.12. The van der Waals surface area contributed by atoms with Crippen LogP contribution in [0.4, 0.5) is 10.1 Å². The number of hydrogen-bond donors (Lipinski definition) is 3. The van der Waals surface area contributed by atoms with E-state index in [9.17, 15) is 9.18 Å². The average Bonchev–Trinajstić information content (AvgIpc) is 2.59. The molecule has 0 aliphatic carbocycles. The van der Waals surface area contributed by atoms with Crippen LogP contribution in [0.3, 0.4) is 0 Å². The molecule has 1 amide bonds. The molecule has 1 unspecified atom stereocenters. The van der Waals surface area contributed by atoms with Gasteiger partial charge in [-0.15, -0.1) is 0 Å². The third kappa shape index (κ3) is 5.66. The number of amides is 1. The Kier molecular flexibility index (Phi) is 6.75. The second-order valence-electron chi connectivity index (χ2n) is 5.71. The third-order valence-electron chi connectivity index (χ3n) is 3.78. The van der Waals surface area contributed by atoms with Crippen LogP contribution >= 0.6 is 0 Å². The summed E-state index contributed by atoms with van der Waals surface area (Å²) < 4.78 is 13.1. The molecule has 0 saturated heterocycles. The predicted molar refractivity (Wildman–Crippen MR) is 93.2 cm³/mol. The smallest absolute Gasteiger partial charge is 0.224 e. The number of hydrogen-bond acceptors (Lipinski definition) is 3. The summed E-state index contributed by atoms with van der Waals surface area (Å²) in [7, 11) is 0. The molecule has 128 valence electrons. The fourth-order valence-corrected chi connectivity index (χ4v) is 2.33. The Hall–Kier alpha value is -2.40. The van der Waals surface area contributed by atoms with Crippen molar-refractivity contribution in [2.24, 2.45) is 0 Å². The molecule has 0 aromatic heterocycles. The van der Waals surface area contributed by atoms with Gasteiger partial charge in [0.25, 0.3) is 0 Å². The Labute approximate surface area is 141 Å². The maximum Gasteiger partial charge on any atom is 0.224 e. The van der Waals surface area contributed by atoms with Gasteiger partial charge in [0.1, 0.15) is 5.82 Å². The molecule has 2 rings (SSSR count). The summed E-state index contributed by atoms with van der Waals surface area (Å²) in [6, 6.07) is 13.8. The van der Waals surface area contributed by atoms with Gasteiger partial charge in [0, 0.05) is 12.2 Å². The monoisotopic (exact) mass is 330 g/mol. The van der Waals surface area contributed by atoms with Crippen LogP contribution in [0.1, 0.15) is 24.5 Å². The van der Waals surface area contributed by atoms with Crippen molar-refractivity contribution in [1.29, 1.82) is 0 Å². The molecule has 0 radical (unpaired) electrons. The Morgan fingerprint density at radius 2 is 1.92 bits per heavy atom. The summed E-state index contributed by atoms with van der Waals surface area (Å²) in [6.07, 6.45) is 0.978. The minimum absolute atomic E-state index is 0.0504. The van der Waals surface area contributed by atoms with Crippen LogP contribution < -0.4 is 10.6 Å². The number of carbonyl (C=O) groups is 1. The van der Waals surface area contributed by atoms with E-state index >= 15 is 0 Å². The van der Waals surface area contributed by atoms with E-state index in [1.807, 2.05) is 37.3 Å². The van der Waals surface area contributed by atoms with E-state index in [1.165, 1.54) is 12.1 Å². The Bertz CT molecular complexity index is 655. The molecule has 0 spiro atoms. The van der Waals surface area contributed by atoms with Crippen molar-refractivity contribution in [2.45, 2.75) is 32.4 Å². The number of benzene rings is 2. The van der Waals surface area contributed by atoms with E-state index in [1.54, 1.807) is 6.07 Å². The molecule has 4 nitrogen and oxygen atoms in total. The highest BCUT2D eigenvalue weighted by atomic mass is 19.1. The summed E-state index contributed by atoms with van der Waals surface area (Å²) in [6.45, 7) is 2.40. The van der Waals surface area contributed by atoms with Crippen molar-refractivity contribution in [1.82, 2.24) is 5.32 Å². The number of nitrogens with one attached hydrogen (secondary N) is 2. The first-order chi connectivity index (χ1) is 11.6. The van der Waals surface area contributed by atoms with Gasteiger partial charge in [-0.2, -0.15) is 0 Å². The van der Waals surface area contributed by atoms with Gasteiger partial charge in [0.2, 0.25) is 5.91 Å². The number of anilines is 1. The summed E-state index contributed by atoms with van der Waals surface area (Å²) in [5.74, 6) is -0.347.